The van der Waals surface area contributed by atoms with Crippen molar-refractivity contribution in [2.24, 2.45) is 16.5 Å². The number of ether oxygens (including phenoxy) is 1. The van der Waals surface area contributed by atoms with Gasteiger partial charge in [-0.05, 0) is 13.0 Å². The summed E-state index contributed by atoms with van der Waals surface area (Å²) in [5.41, 5.74) is 10.4. The molecular weight excluding hydrogens is 168 g/mol. The average Bonchev–Trinajstić information content (AvgIpc) is 2.04. The summed E-state index contributed by atoms with van der Waals surface area (Å²) in [5, 5.41) is 0. The van der Waals surface area contributed by atoms with Crippen molar-refractivity contribution in [3.63, 3.8) is 0 Å². The van der Waals surface area contributed by atoms with Gasteiger partial charge in [0.1, 0.15) is 0 Å². The van der Waals surface area contributed by atoms with Crippen LogP contribution in [0.25, 0.3) is 0 Å². The zero-order valence-corrected chi connectivity index (χ0v) is 7.40. The molecule has 0 aliphatic heterocycles. The second-order valence-electron chi connectivity index (χ2n) is 2.30. The van der Waals surface area contributed by atoms with Gasteiger partial charge in [0.15, 0.2) is 11.8 Å². The summed E-state index contributed by atoms with van der Waals surface area (Å²) in [7, 11) is 0. The molecule has 0 unspecified atom stereocenters. The van der Waals surface area contributed by atoms with E-state index in [1.807, 2.05) is 6.92 Å². The summed E-state index contributed by atoms with van der Waals surface area (Å²) in [6.07, 6.45) is 0. The van der Waals surface area contributed by atoms with Crippen LogP contribution in [-0.4, -0.2) is 17.6 Å². The number of hydrogen-bond donors (Lipinski definition) is 2. The molecule has 0 aromatic carbocycles. The van der Waals surface area contributed by atoms with Crippen LogP contribution in [0, 0.1) is 0 Å². The zero-order valence-electron chi connectivity index (χ0n) is 7.40. The summed E-state index contributed by atoms with van der Waals surface area (Å²) in [4.78, 5) is 7.82. The summed E-state index contributed by atoms with van der Waals surface area (Å²) in [6.45, 7) is 2.45. The summed E-state index contributed by atoms with van der Waals surface area (Å²) in [5.74, 6) is 0.956. The molecule has 13 heavy (non-hydrogen) atoms. The van der Waals surface area contributed by atoms with Crippen molar-refractivity contribution in [1.29, 1.82) is 0 Å². The van der Waals surface area contributed by atoms with Gasteiger partial charge < -0.3 is 16.2 Å². The number of pyridine rings is 1. The maximum atomic E-state index is 5.20. The van der Waals surface area contributed by atoms with Gasteiger partial charge in [0.2, 0.25) is 5.88 Å². The fraction of sp³-hybridized carbons (Fsp3) is 0.250. The highest BCUT2D eigenvalue weighted by Gasteiger charge is 1.95. The number of hydrogen-bond acceptors (Lipinski definition) is 3. The highest BCUT2D eigenvalue weighted by Crippen LogP contribution is 2.13. The second kappa shape index (κ2) is 4.30. The van der Waals surface area contributed by atoms with Crippen molar-refractivity contribution in [2.45, 2.75) is 6.92 Å². The van der Waals surface area contributed by atoms with E-state index in [0.29, 0.717) is 18.3 Å². The third-order valence-corrected chi connectivity index (χ3v) is 1.24. The third-order valence-electron chi connectivity index (χ3n) is 1.24. The Bertz CT molecular complexity index is 307. The molecule has 0 aliphatic rings. The fourth-order valence-electron chi connectivity index (χ4n) is 0.827. The van der Waals surface area contributed by atoms with Gasteiger partial charge in [-0.25, -0.2) is 0 Å². The first-order chi connectivity index (χ1) is 6.22. The Labute approximate surface area is 76.4 Å². The van der Waals surface area contributed by atoms with E-state index in [0.717, 1.165) is 0 Å². The van der Waals surface area contributed by atoms with Gasteiger partial charge in [0.05, 0.1) is 6.61 Å². The Morgan fingerprint density at radius 2 is 2.31 bits per heavy atom. The van der Waals surface area contributed by atoms with Crippen LogP contribution >= 0.6 is 0 Å². The maximum absolute atomic E-state index is 5.20. The Kier molecular flexibility index (Phi) is 3.08. The van der Waals surface area contributed by atoms with Gasteiger partial charge in [0, 0.05) is 6.07 Å². The lowest BCUT2D eigenvalue weighted by molar-refractivity contribution is 0.327. The first-order valence-corrected chi connectivity index (χ1v) is 3.92. The minimum Gasteiger partial charge on any atom is -0.478 e. The number of nitrogens with zero attached hydrogens (tertiary/aromatic N) is 2. The molecule has 70 valence electrons. The molecule has 0 spiro atoms. The van der Waals surface area contributed by atoms with E-state index in [1.165, 1.54) is 0 Å². The highest BCUT2D eigenvalue weighted by atomic mass is 16.5. The molecule has 5 nitrogen and oxygen atoms in total. The summed E-state index contributed by atoms with van der Waals surface area (Å²) >= 11 is 0. The number of nitrogens with two attached hydrogens (primary N) is 2. The molecule has 0 fully saturated rings. The molecule has 1 aromatic rings. The first-order valence-electron chi connectivity index (χ1n) is 3.92. The maximum Gasteiger partial charge on any atom is 0.215 e. The Morgan fingerprint density at radius 3 is 2.92 bits per heavy atom. The van der Waals surface area contributed by atoms with Crippen LogP contribution in [0.15, 0.2) is 23.2 Å². The smallest absolute Gasteiger partial charge is 0.215 e. The predicted molar refractivity (Wildman–Crippen MR) is 50.9 cm³/mol. The van der Waals surface area contributed by atoms with E-state index < -0.39 is 0 Å². The van der Waals surface area contributed by atoms with Gasteiger partial charge in [0.25, 0.3) is 0 Å². The van der Waals surface area contributed by atoms with Gasteiger partial charge in [-0.1, -0.05) is 6.07 Å². The van der Waals surface area contributed by atoms with Crippen molar-refractivity contribution in [2.75, 3.05) is 6.61 Å². The van der Waals surface area contributed by atoms with Crippen LogP contribution in [0.3, 0.4) is 0 Å². The normalized spacial score (nSPS) is 9.31. The molecular formula is C8H12N4O. The Balaban J connectivity index is 2.85. The van der Waals surface area contributed by atoms with Crippen molar-refractivity contribution >= 4 is 11.8 Å². The quantitative estimate of drug-likeness (QED) is 0.520. The van der Waals surface area contributed by atoms with Crippen molar-refractivity contribution in [1.82, 2.24) is 4.98 Å². The van der Waals surface area contributed by atoms with Gasteiger partial charge >= 0.3 is 0 Å². The fourth-order valence-corrected chi connectivity index (χ4v) is 0.827. The van der Waals surface area contributed by atoms with Crippen LogP contribution in [0.4, 0.5) is 5.82 Å². The largest absolute Gasteiger partial charge is 0.478 e. The molecule has 0 radical (unpaired) electrons. The Hall–Kier alpha value is -1.78. The highest BCUT2D eigenvalue weighted by molar-refractivity contribution is 5.78. The molecule has 0 saturated carbocycles. The number of rotatable bonds is 3. The van der Waals surface area contributed by atoms with Crippen LogP contribution in [0.2, 0.25) is 0 Å². The number of aromatic nitrogens is 1. The molecule has 0 atom stereocenters. The van der Waals surface area contributed by atoms with Crippen molar-refractivity contribution < 1.29 is 4.74 Å². The Morgan fingerprint density at radius 1 is 1.54 bits per heavy atom. The molecule has 4 N–H and O–H groups in total. The van der Waals surface area contributed by atoms with Crippen LogP contribution in [0.5, 0.6) is 5.88 Å². The topological polar surface area (TPSA) is 86.5 Å². The van der Waals surface area contributed by atoms with Crippen LogP contribution < -0.4 is 16.2 Å². The monoisotopic (exact) mass is 180 g/mol. The molecule has 0 amide bonds. The molecule has 1 aromatic heterocycles. The van der Waals surface area contributed by atoms with E-state index in [4.69, 9.17) is 16.2 Å². The number of aliphatic imine (C=N–C) groups is 1. The third kappa shape index (κ3) is 2.98. The first kappa shape index (κ1) is 9.31. The van der Waals surface area contributed by atoms with E-state index in [9.17, 15) is 0 Å². The lowest BCUT2D eigenvalue weighted by Gasteiger charge is -2.01. The number of guanidine groups is 1. The minimum absolute atomic E-state index is 0.0128. The van der Waals surface area contributed by atoms with Gasteiger partial charge in [-0.15, -0.1) is 0 Å². The van der Waals surface area contributed by atoms with E-state index in [-0.39, 0.29) is 5.96 Å². The molecule has 1 heterocycles. The molecule has 5 heteroatoms. The van der Waals surface area contributed by atoms with Gasteiger partial charge in [-0.3, -0.25) is 0 Å². The van der Waals surface area contributed by atoms with E-state index in [1.54, 1.807) is 18.2 Å². The van der Waals surface area contributed by atoms with Crippen molar-refractivity contribution in [3.8, 4) is 5.88 Å². The molecule has 0 aliphatic carbocycles. The zero-order chi connectivity index (χ0) is 9.68. The molecule has 1 rings (SSSR count). The second-order valence-corrected chi connectivity index (χ2v) is 2.30. The SMILES string of the molecule is CCOc1cccc(N=C(N)N)n1. The van der Waals surface area contributed by atoms with Crippen molar-refractivity contribution in [3.05, 3.63) is 18.2 Å². The standard InChI is InChI=1S/C8H12N4O/c1-2-13-7-5-3-4-6(11-7)12-8(9)10/h3-5H,2H2,1H3,(H4,9,10,11,12). The average molecular weight is 180 g/mol. The van der Waals surface area contributed by atoms with Crippen LogP contribution in [-0.2, 0) is 0 Å². The van der Waals surface area contributed by atoms with E-state index in [2.05, 4.69) is 9.98 Å². The lowest BCUT2D eigenvalue weighted by Crippen LogP contribution is -2.22. The molecule has 0 saturated heterocycles. The summed E-state index contributed by atoms with van der Waals surface area (Å²) in [6, 6.07) is 5.22. The lowest BCUT2D eigenvalue weighted by atomic mass is 10.4. The van der Waals surface area contributed by atoms with Crippen LogP contribution in [0.1, 0.15) is 6.92 Å². The minimum atomic E-state index is -0.0128. The summed E-state index contributed by atoms with van der Waals surface area (Å²) < 4.78 is 5.17. The predicted octanol–water partition coefficient (Wildman–Crippen LogP) is 0.385. The van der Waals surface area contributed by atoms with E-state index >= 15 is 0 Å². The molecule has 0 bridgehead atoms. The van der Waals surface area contributed by atoms with Gasteiger partial charge in [-0.2, -0.15) is 9.98 Å².